The topological polar surface area (TPSA) is 92.7 Å². The van der Waals surface area contributed by atoms with Gasteiger partial charge in [-0.3, -0.25) is 14.4 Å². The third-order valence-electron chi connectivity index (χ3n) is 8.63. The van der Waals surface area contributed by atoms with E-state index in [1.54, 1.807) is 0 Å². The third-order valence-corrected chi connectivity index (χ3v) is 8.63. The van der Waals surface area contributed by atoms with Gasteiger partial charge in [-0.2, -0.15) is 0 Å². The molecule has 0 rings (SSSR count). The van der Waals surface area contributed by atoms with Crippen LogP contribution in [0.5, 0.6) is 0 Å². The van der Waals surface area contributed by atoms with E-state index >= 15 is 0 Å². The minimum Gasteiger partial charge on any atom is -0.480 e. The predicted molar refractivity (Wildman–Crippen MR) is 194 cm³/mol. The summed E-state index contributed by atoms with van der Waals surface area (Å²) in [4.78, 5) is 34.8. The highest BCUT2D eigenvalue weighted by Crippen LogP contribution is 2.18. The minimum atomic E-state index is -1.02. The smallest absolute Gasteiger partial charge is 0.322 e. The van der Waals surface area contributed by atoms with Crippen LogP contribution in [0.1, 0.15) is 200 Å². The van der Waals surface area contributed by atoms with Gasteiger partial charge < -0.3 is 15.2 Å². The van der Waals surface area contributed by atoms with E-state index in [9.17, 15) is 14.4 Å². The van der Waals surface area contributed by atoms with E-state index in [0.29, 0.717) is 12.8 Å². The molecule has 0 aromatic rings. The van der Waals surface area contributed by atoms with Crippen molar-refractivity contribution < 1.29 is 24.2 Å². The van der Waals surface area contributed by atoms with Gasteiger partial charge in [0.2, 0.25) is 5.91 Å². The predicted octanol–water partition coefficient (Wildman–Crippen LogP) is 11.6. The first-order valence-corrected chi connectivity index (χ1v) is 19.5. The Morgan fingerprint density at radius 2 is 1.00 bits per heavy atom. The van der Waals surface area contributed by atoms with Crippen molar-refractivity contribution in [3.05, 3.63) is 24.3 Å². The first-order valence-electron chi connectivity index (χ1n) is 19.5. The van der Waals surface area contributed by atoms with Crippen LogP contribution in [0.2, 0.25) is 0 Å². The number of nitrogens with one attached hydrogen (secondary N) is 1. The van der Waals surface area contributed by atoms with Crippen LogP contribution >= 0.6 is 0 Å². The number of carboxylic acid groups (broad SMARTS) is 1. The second-order valence-electron chi connectivity index (χ2n) is 13.2. The molecule has 6 nitrogen and oxygen atoms in total. The molecule has 0 bridgehead atoms. The van der Waals surface area contributed by atoms with Gasteiger partial charge in [-0.1, -0.05) is 141 Å². The Labute approximate surface area is 284 Å². The number of ether oxygens (including phenoxy) is 1. The molecule has 268 valence electrons. The number of amides is 1. The first-order chi connectivity index (χ1) is 22.5. The molecule has 0 aliphatic carbocycles. The van der Waals surface area contributed by atoms with E-state index in [4.69, 9.17) is 9.84 Å². The van der Waals surface area contributed by atoms with E-state index < -0.39 is 5.97 Å². The number of hydrogen-bond donors (Lipinski definition) is 2. The highest BCUT2D eigenvalue weighted by molar-refractivity contribution is 5.80. The van der Waals surface area contributed by atoms with E-state index in [2.05, 4.69) is 43.5 Å². The lowest BCUT2D eigenvalue weighted by molar-refractivity contribution is -0.150. The second kappa shape index (κ2) is 35.7. The molecule has 6 heteroatoms. The van der Waals surface area contributed by atoms with Crippen molar-refractivity contribution in [2.75, 3.05) is 6.54 Å². The fraction of sp³-hybridized carbons (Fsp3) is 0.825. The van der Waals surface area contributed by atoms with Crippen molar-refractivity contribution >= 4 is 17.8 Å². The standard InChI is InChI=1S/C40H73NO5/c1-3-5-7-9-11-12-13-14-15-16-17-18-19-20-21-22-27-31-35-40(45)46-37(32-28-24-10-8-6-4-2)33-29-25-23-26-30-34-38(42)41-36-39(43)44/h12-13,15-16,37H,3-11,14,17-36H2,1-2H3,(H,41,42)(H,43,44)/b13-12-,16-15-. The average Bonchev–Trinajstić information content (AvgIpc) is 3.04. The number of rotatable bonds is 35. The summed E-state index contributed by atoms with van der Waals surface area (Å²) < 4.78 is 5.97. The number of allylic oxidation sites excluding steroid dienone is 4. The van der Waals surface area contributed by atoms with Crippen LogP contribution in [-0.4, -0.2) is 35.6 Å². The van der Waals surface area contributed by atoms with E-state index in [1.807, 2.05) is 0 Å². The molecule has 0 fully saturated rings. The van der Waals surface area contributed by atoms with Gasteiger partial charge in [0.1, 0.15) is 12.6 Å². The number of carbonyl (C=O) groups excluding carboxylic acids is 2. The van der Waals surface area contributed by atoms with Crippen LogP contribution in [0.3, 0.4) is 0 Å². The SMILES string of the molecule is CCCCCC/C=C\C/C=C\CCCCCCCCCC(=O)OC(CCCCCCCC)CCCCCCCC(=O)NCC(=O)O. The van der Waals surface area contributed by atoms with Gasteiger partial charge in [0, 0.05) is 12.8 Å². The van der Waals surface area contributed by atoms with Crippen molar-refractivity contribution in [1.82, 2.24) is 5.32 Å². The highest BCUT2D eigenvalue weighted by atomic mass is 16.5. The van der Waals surface area contributed by atoms with Gasteiger partial charge in [0.05, 0.1) is 0 Å². The molecule has 0 heterocycles. The van der Waals surface area contributed by atoms with Gasteiger partial charge in [0.25, 0.3) is 0 Å². The summed E-state index contributed by atoms with van der Waals surface area (Å²) in [5.74, 6) is -1.24. The molecule has 0 saturated carbocycles. The molecule has 0 saturated heterocycles. The summed E-state index contributed by atoms with van der Waals surface area (Å²) in [7, 11) is 0. The van der Waals surface area contributed by atoms with Gasteiger partial charge in [0.15, 0.2) is 0 Å². The van der Waals surface area contributed by atoms with Crippen molar-refractivity contribution in [2.45, 2.75) is 206 Å². The third kappa shape index (κ3) is 34.8. The lowest BCUT2D eigenvalue weighted by Crippen LogP contribution is -2.28. The Balaban J connectivity index is 3.97. The van der Waals surface area contributed by atoms with Crippen molar-refractivity contribution in [3.8, 4) is 0 Å². The van der Waals surface area contributed by atoms with Crippen LogP contribution in [0.25, 0.3) is 0 Å². The number of hydrogen-bond acceptors (Lipinski definition) is 4. The number of carbonyl (C=O) groups is 3. The second-order valence-corrected chi connectivity index (χ2v) is 13.2. The molecule has 1 amide bonds. The quantitative estimate of drug-likeness (QED) is 0.0405. The Kier molecular flexibility index (Phi) is 34.1. The molecular weight excluding hydrogens is 574 g/mol. The molecule has 0 radical (unpaired) electrons. The van der Waals surface area contributed by atoms with Gasteiger partial charge in [-0.05, 0) is 70.6 Å². The molecule has 1 atom stereocenters. The van der Waals surface area contributed by atoms with Crippen LogP contribution in [0, 0.1) is 0 Å². The molecule has 1 unspecified atom stereocenters. The number of aliphatic carboxylic acids is 1. The molecular formula is C40H73NO5. The van der Waals surface area contributed by atoms with Gasteiger partial charge >= 0.3 is 11.9 Å². The normalized spacial score (nSPS) is 12.2. The average molecular weight is 648 g/mol. The maximum absolute atomic E-state index is 12.6. The highest BCUT2D eigenvalue weighted by Gasteiger charge is 2.14. The van der Waals surface area contributed by atoms with E-state index in [-0.39, 0.29) is 24.5 Å². The maximum Gasteiger partial charge on any atom is 0.322 e. The number of esters is 1. The summed E-state index contributed by atoms with van der Waals surface area (Å²) in [6, 6.07) is 0. The largest absolute Gasteiger partial charge is 0.480 e. The molecule has 0 aromatic heterocycles. The van der Waals surface area contributed by atoms with Crippen LogP contribution in [-0.2, 0) is 19.1 Å². The maximum atomic E-state index is 12.6. The molecule has 0 aliphatic heterocycles. The van der Waals surface area contributed by atoms with Crippen LogP contribution in [0.15, 0.2) is 24.3 Å². The number of unbranched alkanes of at least 4 members (excludes halogenated alkanes) is 20. The molecule has 46 heavy (non-hydrogen) atoms. The summed E-state index contributed by atoms with van der Waals surface area (Å²) >= 11 is 0. The minimum absolute atomic E-state index is 0.0264. The molecule has 0 aromatic carbocycles. The van der Waals surface area contributed by atoms with E-state index in [1.165, 1.54) is 103 Å². The summed E-state index contributed by atoms with van der Waals surface area (Å²) in [6.07, 6.45) is 41.6. The molecule has 0 spiro atoms. The monoisotopic (exact) mass is 648 g/mol. The van der Waals surface area contributed by atoms with Crippen LogP contribution < -0.4 is 5.32 Å². The lowest BCUT2D eigenvalue weighted by Gasteiger charge is -2.18. The summed E-state index contributed by atoms with van der Waals surface area (Å²) in [5, 5.41) is 11.0. The first kappa shape index (κ1) is 43.9. The number of carboxylic acids is 1. The zero-order valence-corrected chi connectivity index (χ0v) is 30.2. The van der Waals surface area contributed by atoms with Crippen molar-refractivity contribution in [1.29, 1.82) is 0 Å². The van der Waals surface area contributed by atoms with Crippen LogP contribution in [0.4, 0.5) is 0 Å². The summed E-state index contributed by atoms with van der Waals surface area (Å²) in [6.45, 7) is 4.18. The summed E-state index contributed by atoms with van der Waals surface area (Å²) in [5.41, 5.74) is 0. The van der Waals surface area contributed by atoms with E-state index in [0.717, 1.165) is 70.6 Å². The van der Waals surface area contributed by atoms with Crippen molar-refractivity contribution in [2.24, 2.45) is 0 Å². The fourth-order valence-electron chi connectivity index (χ4n) is 5.72. The van der Waals surface area contributed by atoms with Crippen molar-refractivity contribution in [3.63, 3.8) is 0 Å². The molecule has 2 N–H and O–H groups in total. The Morgan fingerprint density at radius 3 is 1.52 bits per heavy atom. The lowest BCUT2D eigenvalue weighted by atomic mass is 10.0. The van der Waals surface area contributed by atoms with Gasteiger partial charge in [-0.25, -0.2) is 0 Å². The zero-order chi connectivity index (χ0) is 33.8. The Hall–Kier alpha value is -2.11. The molecule has 0 aliphatic rings. The zero-order valence-electron chi connectivity index (χ0n) is 30.2. The fourth-order valence-corrected chi connectivity index (χ4v) is 5.72. The Bertz CT molecular complexity index is 763. The Morgan fingerprint density at radius 1 is 0.565 bits per heavy atom. The van der Waals surface area contributed by atoms with Gasteiger partial charge in [-0.15, -0.1) is 0 Å².